The molecule has 0 radical (unpaired) electrons. The number of aromatic nitrogens is 2. The summed E-state index contributed by atoms with van der Waals surface area (Å²) in [7, 11) is 1.47. The first kappa shape index (κ1) is 21.6. The lowest BCUT2D eigenvalue weighted by atomic mass is 9.94. The quantitative estimate of drug-likeness (QED) is 0.331. The summed E-state index contributed by atoms with van der Waals surface area (Å²) in [6.45, 7) is 0. The number of aromatic amines is 1. The van der Waals surface area contributed by atoms with E-state index in [0.29, 0.717) is 27.8 Å². The van der Waals surface area contributed by atoms with E-state index in [0.717, 1.165) is 4.90 Å². The van der Waals surface area contributed by atoms with E-state index in [1.54, 1.807) is 48.5 Å². The number of nitrogens with zero attached hydrogens (tertiary/aromatic N) is 2. The number of halogens is 1. The average Bonchev–Trinajstić information content (AvgIpc) is 3.58. The van der Waals surface area contributed by atoms with Crippen LogP contribution in [0.1, 0.15) is 22.2 Å². The van der Waals surface area contributed by atoms with E-state index in [1.165, 1.54) is 31.4 Å². The van der Waals surface area contributed by atoms with Gasteiger partial charge in [-0.05, 0) is 30.3 Å². The van der Waals surface area contributed by atoms with E-state index < -0.39 is 29.3 Å². The SMILES string of the molecule is COc1cccc2cc(C(=O)C3=C(O)C(=O)N(c4nc5ccccc5[nH]4)C3c3ccccc3F)oc12. The van der Waals surface area contributed by atoms with Crippen molar-refractivity contribution in [2.75, 3.05) is 12.0 Å². The number of H-pyrrole nitrogens is 1. The van der Waals surface area contributed by atoms with Crippen LogP contribution in [-0.2, 0) is 4.79 Å². The molecule has 8 nitrogen and oxygen atoms in total. The Morgan fingerprint density at radius 1 is 1.11 bits per heavy atom. The Bertz CT molecular complexity index is 1680. The van der Waals surface area contributed by atoms with Crippen molar-refractivity contribution < 1.29 is 28.2 Å². The average molecular weight is 483 g/mol. The fraction of sp³-hybridized carbons (Fsp3) is 0.0741. The molecular weight excluding hydrogens is 465 g/mol. The highest BCUT2D eigenvalue weighted by Gasteiger charge is 2.47. The molecule has 9 heteroatoms. The molecule has 1 aliphatic rings. The third-order valence-electron chi connectivity index (χ3n) is 6.21. The minimum atomic E-state index is -1.29. The number of imidazole rings is 1. The van der Waals surface area contributed by atoms with Gasteiger partial charge >= 0.3 is 0 Å². The highest BCUT2D eigenvalue weighted by Crippen LogP contribution is 2.43. The van der Waals surface area contributed by atoms with Crippen molar-refractivity contribution in [3.63, 3.8) is 0 Å². The van der Waals surface area contributed by atoms with Gasteiger partial charge in [0.05, 0.1) is 23.7 Å². The number of ether oxygens (including phenoxy) is 1. The summed E-state index contributed by atoms with van der Waals surface area (Å²) in [6.07, 6.45) is 0. The second-order valence-electron chi connectivity index (χ2n) is 8.26. The van der Waals surface area contributed by atoms with Gasteiger partial charge in [-0.3, -0.25) is 14.5 Å². The number of hydrogen-bond donors (Lipinski definition) is 2. The third kappa shape index (κ3) is 3.17. The van der Waals surface area contributed by atoms with Gasteiger partial charge in [0.15, 0.2) is 22.9 Å². The highest BCUT2D eigenvalue weighted by molar-refractivity contribution is 6.20. The molecule has 3 heterocycles. The van der Waals surface area contributed by atoms with Crippen LogP contribution < -0.4 is 9.64 Å². The summed E-state index contributed by atoms with van der Waals surface area (Å²) < 4.78 is 26.2. The van der Waals surface area contributed by atoms with E-state index in [1.807, 2.05) is 0 Å². The Morgan fingerprint density at radius 3 is 2.67 bits per heavy atom. The number of benzene rings is 3. The Balaban J connectivity index is 1.53. The zero-order valence-electron chi connectivity index (χ0n) is 18.9. The van der Waals surface area contributed by atoms with E-state index >= 15 is 4.39 Å². The number of aliphatic hydroxyl groups is 1. The standard InChI is InChI=1S/C27H18FN3O5/c1-35-19-12-6-7-14-13-20(36-25(14)19)23(32)21-22(15-8-2-3-9-16(15)28)31(26(34)24(21)33)27-29-17-10-4-5-11-18(17)30-27/h2-13,22,33H,1H3,(H,29,30). The van der Waals surface area contributed by atoms with Gasteiger partial charge in [-0.1, -0.05) is 42.5 Å². The zero-order valence-corrected chi connectivity index (χ0v) is 18.9. The van der Waals surface area contributed by atoms with Gasteiger partial charge in [0.1, 0.15) is 11.9 Å². The van der Waals surface area contributed by atoms with Gasteiger partial charge in [-0.25, -0.2) is 9.37 Å². The maximum Gasteiger partial charge on any atom is 0.296 e. The molecule has 2 aromatic heterocycles. The molecule has 178 valence electrons. The molecule has 0 aliphatic carbocycles. The number of fused-ring (bicyclic) bond motifs is 2. The van der Waals surface area contributed by atoms with Crippen LogP contribution in [0.25, 0.3) is 22.0 Å². The number of amides is 1. The molecule has 1 aliphatic heterocycles. The number of methoxy groups -OCH3 is 1. The zero-order chi connectivity index (χ0) is 25.0. The third-order valence-corrected chi connectivity index (χ3v) is 6.21. The van der Waals surface area contributed by atoms with Crippen molar-refractivity contribution >= 4 is 39.6 Å². The van der Waals surface area contributed by atoms with Gasteiger partial charge in [0.25, 0.3) is 5.91 Å². The topological polar surface area (TPSA) is 109 Å². The van der Waals surface area contributed by atoms with Crippen molar-refractivity contribution in [2.45, 2.75) is 6.04 Å². The molecule has 0 saturated heterocycles. The normalized spacial score (nSPS) is 15.9. The van der Waals surface area contributed by atoms with E-state index in [2.05, 4.69) is 9.97 Å². The summed E-state index contributed by atoms with van der Waals surface area (Å²) in [5, 5.41) is 11.5. The van der Waals surface area contributed by atoms with Crippen molar-refractivity contribution in [1.29, 1.82) is 0 Å². The molecule has 6 rings (SSSR count). The molecule has 2 N–H and O–H groups in total. The number of hydrogen-bond acceptors (Lipinski definition) is 6. The van der Waals surface area contributed by atoms with Crippen LogP contribution in [0, 0.1) is 5.82 Å². The van der Waals surface area contributed by atoms with Gasteiger partial charge in [-0.2, -0.15) is 0 Å². The lowest BCUT2D eigenvalue weighted by molar-refractivity contribution is -0.117. The van der Waals surface area contributed by atoms with Crippen LogP contribution in [0.4, 0.5) is 10.3 Å². The molecule has 1 unspecified atom stereocenters. The predicted octanol–water partition coefficient (Wildman–Crippen LogP) is 5.24. The Morgan fingerprint density at radius 2 is 1.89 bits per heavy atom. The number of para-hydroxylation sites is 3. The molecule has 0 fully saturated rings. The number of furan rings is 1. The van der Waals surface area contributed by atoms with Gasteiger partial charge < -0.3 is 19.2 Å². The number of nitrogens with one attached hydrogen (secondary N) is 1. The minimum absolute atomic E-state index is 0.0207. The second-order valence-corrected chi connectivity index (χ2v) is 8.26. The monoisotopic (exact) mass is 483 g/mol. The molecule has 1 amide bonds. The summed E-state index contributed by atoms with van der Waals surface area (Å²) >= 11 is 0. The summed E-state index contributed by atoms with van der Waals surface area (Å²) in [4.78, 5) is 35.6. The van der Waals surface area contributed by atoms with Crippen LogP contribution in [0.3, 0.4) is 0 Å². The molecule has 0 spiro atoms. The molecular formula is C27H18FN3O5. The van der Waals surface area contributed by atoms with Crippen molar-refractivity contribution in [1.82, 2.24) is 9.97 Å². The fourth-order valence-electron chi connectivity index (χ4n) is 4.54. The smallest absolute Gasteiger partial charge is 0.296 e. The number of aliphatic hydroxyl groups excluding tert-OH is 1. The summed E-state index contributed by atoms with van der Waals surface area (Å²) in [5.74, 6) is -2.75. The first-order chi connectivity index (χ1) is 17.5. The molecule has 0 saturated carbocycles. The van der Waals surface area contributed by atoms with Gasteiger partial charge in [0.2, 0.25) is 11.7 Å². The Labute approximate surface area is 203 Å². The number of carbonyl (C=O) groups is 2. The van der Waals surface area contributed by atoms with Crippen LogP contribution in [-0.4, -0.2) is 33.9 Å². The minimum Gasteiger partial charge on any atom is -0.503 e. The van der Waals surface area contributed by atoms with Crippen LogP contribution in [0.5, 0.6) is 5.75 Å². The Kier molecular flexibility index (Phi) is 4.85. The van der Waals surface area contributed by atoms with Gasteiger partial charge in [0, 0.05) is 10.9 Å². The van der Waals surface area contributed by atoms with Gasteiger partial charge in [-0.15, -0.1) is 0 Å². The predicted molar refractivity (Wildman–Crippen MR) is 129 cm³/mol. The van der Waals surface area contributed by atoms with Crippen LogP contribution in [0.15, 0.2) is 88.5 Å². The Hall–Kier alpha value is -4.92. The summed E-state index contributed by atoms with van der Waals surface area (Å²) in [6, 6.07) is 18.2. The number of rotatable bonds is 5. The largest absolute Gasteiger partial charge is 0.503 e. The maximum absolute atomic E-state index is 15.1. The first-order valence-corrected chi connectivity index (χ1v) is 11.0. The van der Waals surface area contributed by atoms with Crippen LogP contribution in [0.2, 0.25) is 0 Å². The number of carbonyl (C=O) groups excluding carboxylic acids is 2. The summed E-state index contributed by atoms with van der Waals surface area (Å²) in [5.41, 5.74) is 1.24. The number of ketones is 1. The van der Waals surface area contributed by atoms with Crippen molar-refractivity contribution in [3.05, 3.63) is 101 Å². The first-order valence-electron chi connectivity index (χ1n) is 11.0. The van der Waals surface area contributed by atoms with E-state index in [4.69, 9.17) is 9.15 Å². The molecule has 1 atom stereocenters. The molecule has 36 heavy (non-hydrogen) atoms. The van der Waals surface area contributed by atoms with Crippen molar-refractivity contribution in [3.8, 4) is 5.75 Å². The molecule has 3 aromatic carbocycles. The lowest BCUT2D eigenvalue weighted by Gasteiger charge is -2.24. The number of Topliss-reactive ketones (excluding diaryl/α,β-unsaturated/α-hetero) is 1. The van der Waals surface area contributed by atoms with Crippen LogP contribution >= 0.6 is 0 Å². The molecule has 5 aromatic rings. The fourth-order valence-corrected chi connectivity index (χ4v) is 4.54. The van der Waals surface area contributed by atoms with Crippen molar-refractivity contribution in [2.24, 2.45) is 0 Å². The molecule has 0 bridgehead atoms. The lowest BCUT2D eigenvalue weighted by Crippen LogP contribution is -2.32. The second kappa shape index (κ2) is 8.09. The number of anilines is 1. The maximum atomic E-state index is 15.1. The highest BCUT2D eigenvalue weighted by atomic mass is 19.1. The van der Waals surface area contributed by atoms with E-state index in [-0.39, 0.29) is 22.8 Å². The van der Waals surface area contributed by atoms with E-state index in [9.17, 15) is 14.7 Å².